The summed E-state index contributed by atoms with van der Waals surface area (Å²) in [6, 6.07) is 13.9. The molecule has 7 rings (SSSR count). The molecule has 3 aromatic carbocycles. The first-order chi connectivity index (χ1) is 11.9. The van der Waals surface area contributed by atoms with E-state index in [0.29, 0.717) is 17.8 Å². The second-order valence-electron chi connectivity index (χ2n) is 7.70. The van der Waals surface area contributed by atoms with Crippen LogP contribution >= 0.6 is 0 Å². The maximum atomic E-state index is 2.49. The lowest BCUT2D eigenvalue weighted by molar-refractivity contribution is 0.438. The average molecular weight is 304 g/mol. The van der Waals surface area contributed by atoms with Crippen LogP contribution in [0.2, 0.25) is 0 Å². The molecule has 4 aliphatic rings. The molecule has 0 radical (unpaired) electrons. The van der Waals surface area contributed by atoms with Crippen LogP contribution in [0.1, 0.15) is 40.5 Å². The monoisotopic (exact) mass is 304 g/mol. The number of rotatable bonds is 0. The predicted molar refractivity (Wildman–Crippen MR) is 101 cm³/mol. The molecule has 0 N–H and O–H groups in total. The minimum Gasteiger partial charge on any atom is -0.0801 e. The molecule has 0 aromatic heterocycles. The van der Waals surface area contributed by atoms with Crippen molar-refractivity contribution in [1.29, 1.82) is 0 Å². The van der Waals surface area contributed by atoms with Gasteiger partial charge in [-0.05, 0) is 61.7 Å². The van der Waals surface area contributed by atoms with Gasteiger partial charge in [-0.25, -0.2) is 0 Å². The Balaban J connectivity index is 1.85. The third-order valence-electron chi connectivity index (χ3n) is 6.74. The zero-order valence-electron chi connectivity index (χ0n) is 13.3. The summed E-state index contributed by atoms with van der Waals surface area (Å²) in [5.41, 5.74) is 7.65. The fourth-order valence-corrected chi connectivity index (χ4v) is 5.82. The molecule has 0 spiro atoms. The molecule has 0 nitrogen and oxygen atoms in total. The molecule has 0 heterocycles. The fourth-order valence-electron chi connectivity index (χ4n) is 5.82. The van der Waals surface area contributed by atoms with Gasteiger partial charge in [-0.1, -0.05) is 66.8 Å². The van der Waals surface area contributed by atoms with Crippen molar-refractivity contribution < 1.29 is 0 Å². The van der Waals surface area contributed by atoms with E-state index in [1.807, 2.05) is 0 Å². The molecule has 0 aliphatic heterocycles. The van der Waals surface area contributed by atoms with E-state index in [1.165, 1.54) is 39.1 Å². The Labute approximate surface area is 140 Å². The van der Waals surface area contributed by atoms with Crippen molar-refractivity contribution in [2.24, 2.45) is 5.92 Å². The zero-order chi connectivity index (χ0) is 15.4. The van der Waals surface area contributed by atoms with E-state index in [4.69, 9.17) is 0 Å². The molecular weight excluding hydrogens is 288 g/mol. The van der Waals surface area contributed by atoms with Gasteiger partial charge in [0.25, 0.3) is 0 Å². The molecule has 0 saturated carbocycles. The Morgan fingerprint density at radius 1 is 0.708 bits per heavy atom. The molecule has 3 unspecified atom stereocenters. The number of allylic oxidation sites excluding steroid dienone is 4. The van der Waals surface area contributed by atoms with E-state index in [9.17, 15) is 0 Å². The quantitative estimate of drug-likeness (QED) is 0.435. The number of hydrogen-bond acceptors (Lipinski definition) is 0. The van der Waals surface area contributed by atoms with Crippen LogP contribution in [0, 0.1) is 5.92 Å². The van der Waals surface area contributed by atoms with Gasteiger partial charge in [0, 0.05) is 11.8 Å². The molecule has 3 aromatic rings. The highest BCUT2D eigenvalue weighted by atomic mass is 14.5. The molecule has 4 aliphatic carbocycles. The second kappa shape index (κ2) is 3.72. The fraction of sp³-hybridized carbons (Fsp3) is 0.167. The summed E-state index contributed by atoms with van der Waals surface area (Å²) in [6.07, 6.45) is 13.2. The third-order valence-corrected chi connectivity index (χ3v) is 6.74. The zero-order valence-corrected chi connectivity index (χ0v) is 13.3. The van der Waals surface area contributed by atoms with Crippen LogP contribution in [0.5, 0.6) is 0 Å². The van der Waals surface area contributed by atoms with E-state index in [2.05, 4.69) is 66.8 Å². The summed E-state index contributed by atoms with van der Waals surface area (Å²) >= 11 is 0. The van der Waals surface area contributed by atoms with Crippen molar-refractivity contribution in [2.75, 3.05) is 0 Å². The summed E-state index contributed by atoms with van der Waals surface area (Å²) in [6.45, 7) is 0. The molecule has 0 bridgehead atoms. The Morgan fingerprint density at radius 3 is 2.25 bits per heavy atom. The molecule has 0 saturated heterocycles. The topological polar surface area (TPSA) is 0 Å². The lowest BCUT2D eigenvalue weighted by Crippen LogP contribution is -2.30. The van der Waals surface area contributed by atoms with E-state index in [1.54, 1.807) is 16.7 Å². The van der Waals surface area contributed by atoms with Crippen LogP contribution in [0.3, 0.4) is 0 Å². The molecule has 0 heteroatoms. The SMILES string of the molecule is C1=Cc2ccc3ccc4ccc5c6c4c3c2C2C1=CCC(C=C5)C62. The van der Waals surface area contributed by atoms with Gasteiger partial charge in [0.05, 0.1) is 0 Å². The molecule has 0 fully saturated rings. The van der Waals surface area contributed by atoms with Gasteiger partial charge in [-0.15, -0.1) is 0 Å². The van der Waals surface area contributed by atoms with Gasteiger partial charge in [0.1, 0.15) is 0 Å². The smallest absolute Gasteiger partial charge is 0.0173 e. The number of benzene rings is 3. The van der Waals surface area contributed by atoms with Gasteiger partial charge in [0.2, 0.25) is 0 Å². The van der Waals surface area contributed by atoms with Crippen LogP contribution in [-0.2, 0) is 0 Å². The van der Waals surface area contributed by atoms with Crippen LogP contribution in [-0.4, -0.2) is 0 Å². The van der Waals surface area contributed by atoms with E-state index < -0.39 is 0 Å². The summed E-state index contributed by atoms with van der Waals surface area (Å²) in [5.74, 6) is 1.83. The normalized spacial score (nSPS) is 27.3. The largest absolute Gasteiger partial charge is 0.0801 e. The van der Waals surface area contributed by atoms with Gasteiger partial charge in [-0.3, -0.25) is 0 Å². The van der Waals surface area contributed by atoms with Crippen LogP contribution in [0.25, 0.3) is 33.7 Å². The molecule has 112 valence electrons. The van der Waals surface area contributed by atoms with Crippen LogP contribution < -0.4 is 0 Å². The maximum absolute atomic E-state index is 2.49. The molecule has 0 amide bonds. The van der Waals surface area contributed by atoms with Gasteiger partial charge in [0.15, 0.2) is 0 Å². The van der Waals surface area contributed by atoms with Crippen LogP contribution in [0.15, 0.2) is 60.2 Å². The Bertz CT molecular complexity index is 1190. The van der Waals surface area contributed by atoms with Crippen molar-refractivity contribution in [3.05, 3.63) is 82.5 Å². The number of hydrogen-bond donors (Lipinski definition) is 0. The van der Waals surface area contributed by atoms with E-state index >= 15 is 0 Å². The molecule has 3 atom stereocenters. The van der Waals surface area contributed by atoms with E-state index in [0.717, 1.165) is 0 Å². The summed E-state index contributed by atoms with van der Waals surface area (Å²) in [4.78, 5) is 0. The first kappa shape index (κ1) is 11.9. The van der Waals surface area contributed by atoms with Crippen molar-refractivity contribution in [3.63, 3.8) is 0 Å². The van der Waals surface area contributed by atoms with Gasteiger partial charge < -0.3 is 0 Å². The first-order valence-electron chi connectivity index (χ1n) is 8.99. The predicted octanol–water partition coefficient (Wildman–Crippen LogP) is 6.17. The van der Waals surface area contributed by atoms with E-state index in [-0.39, 0.29) is 0 Å². The highest BCUT2D eigenvalue weighted by molar-refractivity contribution is 6.15. The molecular formula is C24H16. The minimum absolute atomic E-state index is 0.552. The summed E-state index contributed by atoms with van der Waals surface area (Å²) in [7, 11) is 0. The van der Waals surface area contributed by atoms with Crippen molar-refractivity contribution >= 4 is 33.7 Å². The highest BCUT2D eigenvalue weighted by Gasteiger charge is 2.43. The third kappa shape index (κ3) is 1.16. The van der Waals surface area contributed by atoms with Crippen LogP contribution in [0.4, 0.5) is 0 Å². The van der Waals surface area contributed by atoms with Crippen molar-refractivity contribution in [2.45, 2.75) is 18.3 Å². The average Bonchev–Trinajstić information content (AvgIpc) is 2.65. The lowest BCUT2D eigenvalue weighted by atomic mass is 9.58. The Hall–Kier alpha value is -2.60. The Morgan fingerprint density at radius 2 is 1.42 bits per heavy atom. The second-order valence-corrected chi connectivity index (χ2v) is 7.70. The summed E-state index contributed by atoms with van der Waals surface area (Å²) in [5, 5.41) is 5.87. The van der Waals surface area contributed by atoms with Crippen molar-refractivity contribution in [1.82, 2.24) is 0 Å². The standard InChI is InChI=1S/C24H16/c1-2-14-5-6-16-9-11-18-12-10-17-8-7-15-4-3-13(1)19-20(14)22(16)24(18)23(17)21(15)19/h1-11,18,23-24H,12H2. The minimum atomic E-state index is 0.552. The van der Waals surface area contributed by atoms with Gasteiger partial charge >= 0.3 is 0 Å². The van der Waals surface area contributed by atoms with Crippen molar-refractivity contribution in [3.8, 4) is 0 Å². The first-order valence-corrected chi connectivity index (χ1v) is 8.99. The lowest BCUT2D eigenvalue weighted by Gasteiger charge is -2.45. The Kier molecular flexibility index (Phi) is 1.84. The summed E-state index contributed by atoms with van der Waals surface area (Å²) < 4.78 is 0. The van der Waals surface area contributed by atoms with Gasteiger partial charge in [-0.2, -0.15) is 0 Å². The molecule has 24 heavy (non-hydrogen) atoms. The maximum Gasteiger partial charge on any atom is 0.0173 e. The highest BCUT2D eigenvalue weighted by Crippen LogP contribution is 2.60.